The number of benzene rings is 1. The Morgan fingerprint density at radius 3 is 1.92 bits per heavy atom. The van der Waals surface area contributed by atoms with Gasteiger partial charge in [-0.3, -0.25) is 10.1 Å². The molecule has 0 aromatic heterocycles. The third-order valence-electron chi connectivity index (χ3n) is 3.59. The molecule has 0 fully saturated rings. The van der Waals surface area contributed by atoms with Gasteiger partial charge in [0.2, 0.25) is 0 Å². The molecule has 0 atom stereocenters. The Kier molecular flexibility index (Phi) is 13.6. The molecule has 0 amide bonds. The third kappa shape index (κ3) is 11.4. The minimum absolute atomic E-state index is 0. The molecule has 0 saturated heterocycles. The Labute approximate surface area is 165 Å². The van der Waals surface area contributed by atoms with Gasteiger partial charge >= 0.3 is 29.6 Å². The van der Waals surface area contributed by atoms with Gasteiger partial charge in [-0.15, -0.1) is 0 Å². The summed E-state index contributed by atoms with van der Waals surface area (Å²) in [5.74, 6) is -0.304. The third-order valence-corrected chi connectivity index (χ3v) is 3.59. The van der Waals surface area contributed by atoms with E-state index in [1.54, 1.807) is 12.1 Å². The van der Waals surface area contributed by atoms with Crippen LogP contribution in [0, 0.1) is 10.1 Å². The Morgan fingerprint density at radius 1 is 0.917 bits per heavy atom. The summed E-state index contributed by atoms with van der Waals surface area (Å²) in [6.07, 6.45) is 8.39. The number of hydrogen-bond donors (Lipinski definition) is 0. The van der Waals surface area contributed by atoms with Gasteiger partial charge in [-0.25, -0.2) is 0 Å². The second-order valence-electron chi connectivity index (χ2n) is 5.55. The van der Waals surface area contributed by atoms with Crippen LogP contribution in [0.3, 0.4) is 0 Å². The molecule has 128 valence electrons. The standard InChI is InChI=1S/C17H25NO5.Na/c19-17(20)9-7-5-3-1-2-4-6-8-14-23-16-12-10-15(11-13-16)18(21)22;/h10-13H,1-9,14H2,(H,19,20);/q;+1/p-1. The second kappa shape index (κ2) is 14.3. The molecule has 0 saturated carbocycles. The van der Waals surface area contributed by atoms with Crippen molar-refractivity contribution in [1.29, 1.82) is 0 Å². The maximum Gasteiger partial charge on any atom is 1.00 e. The number of aliphatic carboxylic acids is 1. The summed E-state index contributed by atoms with van der Waals surface area (Å²) in [4.78, 5) is 20.3. The van der Waals surface area contributed by atoms with Gasteiger partial charge in [-0.05, 0) is 31.4 Å². The average molecular weight is 345 g/mol. The number of hydrogen-bond acceptors (Lipinski definition) is 5. The summed E-state index contributed by atoms with van der Waals surface area (Å²) >= 11 is 0. The monoisotopic (exact) mass is 345 g/mol. The molecule has 0 bridgehead atoms. The number of nitro groups is 1. The number of rotatable bonds is 13. The van der Waals surface area contributed by atoms with Gasteiger partial charge in [0.15, 0.2) is 0 Å². The van der Waals surface area contributed by atoms with Gasteiger partial charge < -0.3 is 14.6 Å². The van der Waals surface area contributed by atoms with E-state index in [9.17, 15) is 20.0 Å². The van der Waals surface area contributed by atoms with Gasteiger partial charge in [-0.1, -0.05) is 38.5 Å². The number of carbonyl (C=O) groups excluding carboxylic acids is 1. The van der Waals surface area contributed by atoms with E-state index in [1.807, 2.05) is 0 Å². The van der Waals surface area contributed by atoms with Gasteiger partial charge in [0.1, 0.15) is 5.75 Å². The zero-order valence-corrected chi connectivity index (χ0v) is 16.4. The first-order chi connectivity index (χ1) is 11.1. The minimum atomic E-state index is -0.960. The fourth-order valence-electron chi connectivity index (χ4n) is 2.29. The molecule has 0 N–H and O–H groups in total. The quantitative estimate of drug-likeness (QED) is 0.221. The number of nitro benzene ring substituents is 1. The summed E-state index contributed by atoms with van der Waals surface area (Å²) in [5, 5.41) is 20.8. The Hall–Kier alpha value is -1.11. The van der Waals surface area contributed by atoms with Crippen molar-refractivity contribution in [2.45, 2.75) is 57.8 Å². The second-order valence-corrected chi connectivity index (χ2v) is 5.55. The smallest absolute Gasteiger partial charge is 0.550 e. The van der Waals surface area contributed by atoms with Gasteiger partial charge in [0.25, 0.3) is 5.69 Å². The Bertz CT molecular complexity index is 478. The summed E-state index contributed by atoms with van der Waals surface area (Å²) in [5.41, 5.74) is 0.0666. The summed E-state index contributed by atoms with van der Waals surface area (Å²) in [6.45, 7) is 0.615. The van der Waals surface area contributed by atoms with Crippen LogP contribution in [0.1, 0.15) is 57.8 Å². The number of nitrogens with zero attached hydrogens (tertiary/aromatic N) is 1. The van der Waals surface area contributed by atoms with Crippen molar-refractivity contribution in [2.24, 2.45) is 0 Å². The fraction of sp³-hybridized carbons (Fsp3) is 0.588. The molecule has 0 spiro atoms. The van der Waals surface area contributed by atoms with Crippen molar-refractivity contribution >= 4 is 11.7 Å². The first-order valence-corrected chi connectivity index (χ1v) is 8.16. The molecule has 0 aliphatic rings. The molecular formula is C17H24NNaO5. The van der Waals surface area contributed by atoms with Crippen LogP contribution < -0.4 is 39.4 Å². The van der Waals surface area contributed by atoms with E-state index in [0.29, 0.717) is 18.8 Å². The van der Waals surface area contributed by atoms with Crippen molar-refractivity contribution in [1.82, 2.24) is 0 Å². The molecule has 0 heterocycles. The van der Waals surface area contributed by atoms with Crippen LogP contribution in [-0.2, 0) is 4.79 Å². The molecule has 1 aromatic carbocycles. The van der Waals surface area contributed by atoms with Crippen LogP contribution in [0.25, 0.3) is 0 Å². The number of unbranched alkanes of at least 4 members (excludes halogenated alkanes) is 7. The van der Waals surface area contributed by atoms with E-state index in [1.165, 1.54) is 12.1 Å². The van der Waals surface area contributed by atoms with Crippen molar-refractivity contribution in [3.8, 4) is 5.75 Å². The molecular weight excluding hydrogens is 321 g/mol. The zero-order chi connectivity index (χ0) is 16.9. The van der Waals surface area contributed by atoms with Crippen molar-refractivity contribution < 1.29 is 49.1 Å². The summed E-state index contributed by atoms with van der Waals surface area (Å²) < 4.78 is 5.54. The molecule has 0 radical (unpaired) electrons. The largest absolute Gasteiger partial charge is 1.00 e. The molecule has 0 aliphatic heterocycles. The van der Waals surface area contributed by atoms with Crippen molar-refractivity contribution in [3.05, 3.63) is 34.4 Å². The molecule has 6 nitrogen and oxygen atoms in total. The van der Waals surface area contributed by atoms with Crippen LogP contribution in [0.4, 0.5) is 5.69 Å². The van der Waals surface area contributed by atoms with Crippen LogP contribution in [0.15, 0.2) is 24.3 Å². The predicted molar refractivity (Wildman–Crippen MR) is 85.2 cm³/mol. The predicted octanol–water partition coefficient (Wildman–Crippen LogP) is 0.238. The van der Waals surface area contributed by atoms with E-state index in [0.717, 1.165) is 44.9 Å². The summed E-state index contributed by atoms with van der Waals surface area (Å²) in [7, 11) is 0. The molecule has 1 aromatic rings. The van der Waals surface area contributed by atoms with Crippen molar-refractivity contribution in [2.75, 3.05) is 6.61 Å². The number of ether oxygens (including phenoxy) is 1. The Balaban J connectivity index is 0.00000529. The topological polar surface area (TPSA) is 92.5 Å². The van der Waals surface area contributed by atoms with Crippen LogP contribution >= 0.6 is 0 Å². The van der Waals surface area contributed by atoms with Gasteiger partial charge in [0, 0.05) is 18.1 Å². The van der Waals surface area contributed by atoms with E-state index >= 15 is 0 Å². The maximum absolute atomic E-state index is 10.5. The van der Waals surface area contributed by atoms with Gasteiger partial charge in [0.05, 0.1) is 11.5 Å². The normalized spacial score (nSPS) is 10.0. The SMILES string of the molecule is O=C([O-])CCCCCCCCCCOc1ccc([N+](=O)[O-])cc1.[Na+]. The molecule has 24 heavy (non-hydrogen) atoms. The molecule has 7 heteroatoms. The number of carbonyl (C=O) groups is 1. The van der Waals surface area contributed by atoms with Crippen LogP contribution in [0.2, 0.25) is 0 Å². The minimum Gasteiger partial charge on any atom is -0.550 e. The molecule has 0 aliphatic carbocycles. The maximum atomic E-state index is 10.5. The molecule has 1 rings (SSSR count). The first-order valence-electron chi connectivity index (χ1n) is 8.16. The van der Waals surface area contributed by atoms with E-state index in [-0.39, 0.29) is 41.7 Å². The van der Waals surface area contributed by atoms with Crippen molar-refractivity contribution in [3.63, 3.8) is 0 Å². The first kappa shape index (κ1) is 22.9. The fourth-order valence-corrected chi connectivity index (χ4v) is 2.29. The van der Waals surface area contributed by atoms with Crippen LogP contribution in [-0.4, -0.2) is 17.5 Å². The van der Waals surface area contributed by atoms with Crippen LogP contribution in [0.5, 0.6) is 5.75 Å². The zero-order valence-electron chi connectivity index (χ0n) is 14.4. The summed E-state index contributed by atoms with van der Waals surface area (Å²) in [6, 6.07) is 6.11. The number of carboxylic acids is 1. The van der Waals surface area contributed by atoms with E-state index < -0.39 is 10.9 Å². The van der Waals surface area contributed by atoms with Gasteiger partial charge in [-0.2, -0.15) is 0 Å². The average Bonchev–Trinajstić information content (AvgIpc) is 2.52. The number of carboxylic acid groups (broad SMARTS) is 1. The number of non-ortho nitro benzene ring substituents is 1. The Morgan fingerprint density at radius 2 is 1.42 bits per heavy atom. The molecule has 0 unspecified atom stereocenters. The van der Waals surface area contributed by atoms with E-state index in [4.69, 9.17) is 4.74 Å². The van der Waals surface area contributed by atoms with E-state index in [2.05, 4.69) is 0 Å².